The van der Waals surface area contributed by atoms with Crippen LogP contribution in [0, 0.1) is 0 Å². The molecule has 2 N–H and O–H groups in total. The van der Waals surface area contributed by atoms with E-state index in [0.717, 1.165) is 5.39 Å². The number of furan rings is 2. The minimum absolute atomic E-state index is 0.123. The number of aliphatic hydroxyl groups is 1. The topological polar surface area (TPSA) is 75.6 Å². The van der Waals surface area contributed by atoms with Gasteiger partial charge in [0.15, 0.2) is 5.76 Å². The smallest absolute Gasteiger partial charge is 0.287 e. The van der Waals surface area contributed by atoms with Crippen molar-refractivity contribution in [2.75, 3.05) is 0 Å². The Bertz CT molecular complexity index is 824. The molecule has 0 fully saturated rings. The molecule has 0 saturated heterocycles. The average molecular weight is 429 g/mol. The second-order valence-corrected chi connectivity index (χ2v) is 6.24. The van der Waals surface area contributed by atoms with Crippen LogP contribution in [-0.4, -0.2) is 11.0 Å². The minimum Gasteiger partial charge on any atom is -0.467 e. The number of hydrogen-bond donors (Lipinski definition) is 2. The number of carbonyl (C=O) groups excluding carboxylic acids is 1. The molecule has 0 radical (unpaired) electrons. The van der Waals surface area contributed by atoms with E-state index in [1.165, 1.54) is 0 Å². The van der Waals surface area contributed by atoms with Gasteiger partial charge in [0.1, 0.15) is 11.3 Å². The van der Waals surface area contributed by atoms with E-state index < -0.39 is 0 Å². The van der Waals surface area contributed by atoms with Gasteiger partial charge in [0.2, 0.25) is 0 Å². The van der Waals surface area contributed by atoms with E-state index in [9.17, 15) is 9.90 Å². The molecule has 0 saturated carbocycles. The number of carbonyl (C=O) groups is 1. The molecule has 1 aromatic carbocycles. The van der Waals surface area contributed by atoms with Crippen LogP contribution in [0.25, 0.3) is 11.0 Å². The van der Waals surface area contributed by atoms with Gasteiger partial charge in [-0.25, -0.2) is 0 Å². The molecule has 2 aromatic heterocycles. The van der Waals surface area contributed by atoms with E-state index in [4.69, 9.17) is 8.83 Å². The highest BCUT2D eigenvalue weighted by Crippen LogP contribution is 2.35. The molecule has 22 heavy (non-hydrogen) atoms. The van der Waals surface area contributed by atoms with Gasteiger partial charge < -0.3 is 19.3 Å². The van der Waals surface area contributed by atoms with Crippen molar-refractivity contribution < 1.29 is 18.7 Å². The summed E-state index contributed by atoms with van der Waals surface area (Å²) in [5.41, 5.74) is 1.26. The van der Waals surface area contributed by atoms with Gasteiger partial charge >= 0.3 is 0 Å². The first-order valence-electron chi connectivity index (χ1n) is 6.42. The third-order valence-corrected chi connectivity index (χ3v) is 4.81. The van der Waals surface area contributed by atoms with Gasteiger partial charge in [-0.2, -0.15) is 0 Å². The van der Waals surface area contributed by atoms with Crippen LogP contribution in [0.4, 0.5) is 0 Å². The summed E-state index contributed by atoms with van der Waals surface area (Å²) in [5.74, 6) is 0.529. The molecule has 3 rings (SSSR count). The zero-order valence-corrected chi connectivity index (χ0v) is 14.4. The molecule has 3 aromatic rings. The quantitative estimate of drug-likeness (QED) is 0.659. The zero-order valence-electron chi connectivity index (χ0n) is 11.2. The van der Waals surface area contributed by atoms with Gasteiger partial charge in [-0.3, -0.25) is 4.79 Å². The van der Waals surface area contributed by atoms with Gasteiger partial charge in [-0.15, -0.1) is 0 Å². The van der Waals surface area contributed by atoms with Gasteiger partial charge in [-0.1, -0.05) is 15.9 Å². The van der Waals surface area contributed by atoms with Crippen LogP contribution in [-0.2, 0) is 13.2 Å². The lowest BCUT2D eigenvalue weighted by atomic mass is 10.1. The summed E-state index contributed by atoms with van der Waals surface area (Å²) < 4.78 is 12.1. The first-order valence-corrected chi connectivity index (χ1v) is 8.00. The fraction of sp³-hybridized carbons (Fsp3) is 0.133. The molecule has 0 bridgehead atoms. The summed E-state index contributed by atoms with van der Waals surface area (Å²) in [6.45, 7) is 0.165. The van der Waals surface area contributed by atoms with Gasteiger partial charge in [0.05, 0.1) is 19.4 Å². The third kappa shape index (κ3) is 2.84. The number of hydrogen-bond acceptors (Lipinski definition) is 4. The average Bonchev–Trinajstić information content (AvgIpc) is 3.14. The maximum absolute atomic E-state index is 12.1. The molecule has 0 aliphatic rings. The van der Waals surface area contributed by atoms with Crippen LogP contribution in [0.1, 0.15) is 21.9 Å². The molecule has 2 heterocycles. The van der Waals surface area contributed by atoms with E-state index in [-0.39, 0.29) is 24.8 Å². The second kappa shape index (κ2) is 6.28. The Labute approximate surface area is 142 Å². The number of aliphatic hydroxyl groups excluding tert-OH is 1. The SMILES string of the molecule is O=C(NCc1ccco1)c1cc2c(Br)c(CO)c(Br)cc2o1. The lowest BCUT2D eigenvalue weighted by molar-refractivity contribution is 0.0922. The van der Waals surface area contributed by atoms with Gasteiger partial charge in [0.25, 0.3) is 5.91 Å². The first-order chi connectivity index (χ1) is 10.6. The van der Waals surface area contributed by atoms with Crippen LogP contribution in [0.5, 0.6) is 0 Å². The number of rotatable bonds is 4. The number of nitrogens with one attached hydrogen (secondary N) is 1. The Morgan fingerprint density at radius 3 is 2.82 bits per heavy atom. The largest absolute Gasteiger partial charge is 0.467 e. The summed E-state index contributed by atoms with van der Waals surface area (Å²) in [5, 5.41) is 12.8. The second-order valence-electron chi connectivity index (χ2n) is 4.59. The molecule has 0 unspecified atom stereocenters. The van der Waals surface area contributed by atoms with Crippen molar-refractivity contribution in [3.8, 4) is 0 Å². The van der Waals surface area contributed by atoms with E-state index in [2.05, 4.69) is 37.2 Å². The van der Waals surface area contributed by atoms with Gasteiger partial charge in [-0.05, 0) is 40.2 Å². The summed E-state index contributed by atoms with van der Waals surface area (Å²) in [6, 6.07) is 6.91. The maximum Gasteiger partial charge on any atom is 0.287 e. The van der Waals surface area contributed by atoms with Gasteiger partial charge in [0, 0.05) is 19.9 Å². The van der Waals surface area contributed by atoms with Crippen LogP contribution in [0.3, 0.4) is 0 Å². The molecule has 114 valence electrons. The Kier molecular flexibility index (Phi) is 4.37. The van der Waals surface area contributed by atoms with Crippen molar-refractivity contribution in [2.45, 2.75) is 13.2 Å². The fourth-order valence-corrected chi connectivity index (χ4v) is 3.52. The van der Waals surface area contributed by atoms with Crippen LogP contribution in [0.2, 0.25) is 0 Å². The van der Waals surface area contributed by atoms with Crippen LogP contribution >= 0.6 is 31.9 Å². The summed E-state index contributed by atoms with van der Waals surface area (Å²) >= 11 is 6.80. The number of halogens is 2. The number of benzene rings is 1. The first kappa shape index (κ1) is 15.3. The predicted molar refractivity (Wildman–Crippen MR) is 87.4 cm³/mol. The maximum atomic E-state index is 12.1. The molecule has 0 spiro atoms. The molecule has 0 aliphatic carbocycles. The molecular weight excluding hydrogens is 418 g/mol. The van der Waals surface area contributed by atoms with Crippen molar-refractivity contribution >= 4 is 48.7 Å². The summed E-state index contributed by atoms with van der Waals surface area (Å²) in [4.78, 5) is 12.1. The van der Waals surface area contributed by atoms with E-state index in [0.29, 0.717) is 25.9 Å². The molecule has 7 heteroatoms. The standard InChI is InChI=1S/C15H11Br2NO4/c16-11-5-12-9(14(17)10(11)7-19)4-13(22-12)15(20)18-6-8-2-1-3-21-8/h1-5,19H,6-7H2,(H,18,20). The Morgan fingerprint density at radius 2 is 2.14 bits per heavy atom. The predicted octanol–water partition coefficient (Wildman–Crippen LogP) is 3.97. The zero-order chi connectivity index (χ0) is 15.7. The van der Waals surface area contributed by atoms with Crippen molar-refractivity contribution in [2.24, 2.45) is 0 Å². The van der Waals surface area contributed by atoms with E-state index in [1.54, 1.807) is 30.5 Å². The number of amides is 1. The Hall–Kier alpha value is -1.57. The Morgan fingerprint density at radius 1 is 1.32 bits per heavy atom. The molecule has 0 atom stereocenters. The lowest BCUT2D eigenvalue weighted by Gasteiger charge is -2.04. The van der Waals surface area contributed by atoms with Crippen molar-refractivity contribution in [1.29, 1.82) is 0 Å². The molecule has 1 amide bonds. The number of fused-ring (bicyclic) bond motifs is 1. The monoisotopic (exact) mass is 427 g/mol. The normalized spacial score (nSPS) is 11.0. The highest BCUT2D eigenvalue weighted by Gasteiger charge is 2.17. The van der Waals surface area contributed by atoms with Crippen molar-refractivity contribution in [1.82, 2.24) is 5.32 Å². The van der Waals surface area contributed by atoms with E-state index >= 15 is 0 Å². The van der Waals surface area contributed by atoms with Crippen molar-refractivity contribution in [3.63, 3.8) is 0 Å². The van der Waals surface area contributed by atoms with Crippen LogP contribution in [0.15, 0.2) is 48.3 Å². The van der Waals surface area contributed by atoms with E-state index in [1.807, 2.05) is 0 Å². The Balaban J connectivity index is 1.88. The minimum atomic E-state index is -0.332. The highest BCUT2D eigenvalue weighted by molar-refractivity contribution is 9.11. The molecule has 0 aliphatic heterocycles. The molecule has 5 nitrogen and oxygen atoms in total. The van der Waals surface area contributed by atoms with Crippen molar-refractivity contribution in [3.05, 3.63) is 56.6 Å². The fourth-order valence-electron chi connectivity index (χ4n) is 2.08. The van der Waals surface area contributed by atoms with Crippen LogP contribution < -0.4 is 5.32 Å². The summed E-state index contributed by atoms with van der Waals surface area (Å²) in [6.07, 6.45) is 1.55. The lowest BCUT2D eigenvalue weighted by Crippen LogP contribution is -2.21. The molecular formula is C15H11Br2NO4. The summed E-state index contributed by atoms with van der Waals surface area (Å²) in [7, 11) is 0. The highest BCUT2D eigenvalue weighted by atomic mass is 79.9. The third-order valence-electron chi connectivity index (χ3n) is 3.19.